The van der Waals surface area contributed by atoms with Crippen molar-refractivity contribution in [3.63, 3.8) is 0 Å². The molecule has 0 aliphatic heterocycles. The summed E-state index contributed by atoms with van der Waals surface area (Å²) in [5, 5.41) is 7.86. The van der Waals surface area contributed by atoms with Gasteiger partial charge in [0.15, 0.2) is 0 Å². The maximum Gasteiger partial charge on any atom is 0.0793 e. The number of hydrogen-bond donors (Lipinski definition) is 1. The van der Waals surface area contributed by atoms with Gasteiger partial charge in [-0.05, 0) is 31.9 Å². The molecule has 3 heteroatoms. The van der Waals surface area contributed by atoms with Crippen LogP contribution in [0.2, 0.25) is 0 Å². The number of nitrogens with one attached hydrogen (secondary N) is 1. The van der Waals surface area contributed by atoms with Gasteiger partial charge in [-0.25, -0.2) is 0 Å². The molecule has 0 amide bonds. The van der Waals surface area contributed by atoms with Crippen LogP contribution < -0.4 is 5.32 Å². The summed E-state index contributed by atoms with van der Waals surface area (Å²) >= 11 is 0. The highest BCUT2D eigenvalue weighted by molar-refractivity contribution is 5.05. The Morgan fingerprint density at radius 3 is 2.81 bits per heavy atom. The highest BCUT2D eigenvalue weighted by Gasteiger charge is 2.18. The van der Waals surface area contributed by atoms with Crippen LogP contribution in [-0.4, -0.2) is 16.8 Å². The summed E-state index contributed by atoms with van der Waals surface area (Å²) in [5.74, 6) is 0.972. The molecule has 90 valence electrons. The van der Waals surface area contributed by atoms with Gasteiger partial charge in [-0.2, -0.15) is 5.10 Å². The molecule has 0 radical (unpaired) electrons. The molecule has 0 aromatic carbocycles. The van der Waals surface area contributed by atoms with E-state index in [0.29, 0.717) is 6.04 Å². The van der Waals surface area contributed by atoms with Crippen LogP contribution in [-0.2, 0) is 7.05 Å². The van der Waals surface area contributed by atoms with E-state index in [4.69, 9.17) is 0 Å². The van der Waals surface area contributed by atoms with Crippen molar-refractivity contribution in [3.8, 4) is 0 Å². The van der Waals surface area contributed by atoms with Gasteiger partial charge in [-0.15, -0.1) is 0 Å². The lowest BCUT2D eigenvalue weighted by Gasteiger charge is -2.16. The second-order valence-electron chi connectivity index (χ2n) is 4.98. The zero-order valence-corrected chi connectivity index (χ0v) is 10.4. The molecule has 0 saturated heterocycles. The molecule has 0 bridgehead atoms. The van der Waals surface area contributed by atoms with Crippen molar-refractivity contribution in [1.82, 2.24) is 15.1 Å². The van der Waals surface area contributed by atoms with Gasteiger partial charge in [-0.1, -0.05) is 25.7 Å². The minimum absolute atomic E-state index is 0.432. The molecule has 1 fully saturated rings. The van der Waals surface area contributed by atoms with Crippen molar-refractivity contribution in [3.05, 3.63) is 18.0 Å². The third-order valence-electron chi connectivity index (χ3n) is 3.78. The molecule has 1 unspecified atom stereocenters. The van der Waals surface area contributed by atoms with Gasteiger partial charge < -0.3 is 5.32 Å². The lowest BCUT2D eigenvalue weighted by Crippen LogP contribution is -2.18. The Labute approximate surface area is 98.2 Å². The first-order chi connectivity index (χ1) is 7.79. The predicted octanol–water partition coefficient (Wildman–Crippen LogP) is 2.65. The zero-order valence-electron chi connectivity index (χ0n) is 10.4. The van der Waals surface area contributed by atoms with Crippen LogP contribution in [0, 0.1) is 5.92 Å². The van der Waals surface area contributed by atoms with Crippen molar-refractivity contribution in [2.75, 3.05) is 7.05 Å². The Morgan fingerprint density at radius 2 is 2.25 bits per heavy atom. The molecule has 0 spiro atoms. The largest absolute Gasteiger partial charge is 0.312 e. The fraction of sp³-hybridized carbons (Fsp3) is 0.769. The summed E-state index contributed by atoms with van der Waals surface area (Å²) in [5.41, 5.74) is 1.18. The summed E-state index contributed by atoms with van der Waals surface area (Å²) in [4.78, 5) is 0. The van der Waals surface area contributed by atoms with Gasteiger partial charge in [0.1, 0.15) is 0 Å². The van der Waals surface area contributed by atoms with Crippen LogP contribution in [0.25, 0.3) is 0 Å². The Bertz CT molecular complexity index is 313. The molecule has 1 N–H and O–H groups in total. The first kappa shape index (κ1) is 11.6. The first-order valence-corrected chi connectivity index (χ1v) is 6.46. The predicted molar refractivity (Wildman–Crippen MR) is 66.2 cm³/mol. The molecule has 1 atom stereocenters. The standard InChI is InChI=1S/C13H23N3/c1-14-12(13-9-10-16(2)15-13)8-7-11-5-3-4-6-11/h9-12,14H,3-8H2,1-2H3. The van der Waals surface area contributed by atoms with Crippen molar-refractivity contribution >= 4 is 0 Å². The Morgan fingerprint density at radius 1 is 1.50 bits per heavy atom. The molecule has 1 heterocycles. The molecule has 1 aliphatic carbocycles. The van der Waals surface area contributed by atoms with E-state index < -0.39 is 0 Å². The molecule has 1 aliphatic rings. The quantitative estimate of drug-likeness (QED) is 0.828. The molecule has 2 rings (SSSR count). The average molecular weight is 221 g/mol. The topological polar surface area (TPSA) is 29.9 Å². The highest BCUT2D eigenvalue weighted by atomic mass is 15.3. The van der Waals surface area contributed by atoms with Crippen LogP contribution in [0.3, 0.4) is 0 Å². The molecule has 3 nitrogen and oxygen atoms in total. The minimum Gasteiger partial charge on any atom is -0.312 e. The van der Waals surface area contributed by atoms with E-state index in [1.54, 1.807) is 0 Å². The summed E-state index contributed by atoms with van der Waals surface area (Å²) in [6.45, 7) is 0. The Kier molecular flexibility index (Phi) is 3.99. The summed E-state index contributed by atoms with van der Waals surface area (Å²) in [6.07, 6.45) is 10.4. The number of rotatable bonds is 5. The van der Waals surface area contributed by atoms with Crippen LogP contribution in [0.5, 0.6) is 0 Å². The third-order valence-corrected chi connectivity index (χ3v) is 3.78. The van der Waals surface area contributed by atoms with Crippen molar-refractivity contribution in [2.24, 2.45) is 13.0 Å². The van der Waals surface area contributed by atoms with Crippen LogP contribution >= 0.6 is 0 Å². The minimum atomic E-state index is 0.432. The number of hydrogen-bond acceptors (Lipinski definition) is 2. The number of aryl methyl sites for hydroxylation is 1. The van der Waals surface area contributed by atoms with Crippen molar-refractivity contribution in [2.45, 2.75) is 44.6 Å². The molecule has 1 aromatic rings. The SMILES string of the molecule is CNC(CCC1CCCC1)c1ccn(C)n1. The van der Waals surface area contributed by atoms with Crippen LogP contribution in [0.4, 0.5) is 0 Å². The molecule has 16 heavy (non-hydrogen) atoms. The van der Waals surface area contributed by atoms with Gasteiger partial charge in [-0.3, -0.25) is 4.68 Å². The summed E-state index contributed by atoms with van der Waals surface area (Å²) in [6, 6.07) is 2.55. The van der Waals surface area contributed by atoms with E-state index in [1.807, 2.05) is 25.0 Å². The smallest absolute Gasteiger partial charge is 0.0793 e. The Hall–Kier alpha value is -0.830. The maximum atomic E-state index is 4.48. The monoisotopic (exact) mass is 221 g/mol. The molecule has 1 saturated carbocycles. The van der Waals surface area contributed by atoms with Gasteiger partial charge in [0.25, 0.3) is 0 Å². The van der Waals surface area contributed by atoms with E-state index in [1.165, 1.54) is 44.2 Å². The molecular weight excluding hydrogens is 198 g/mol. The molecular formula is C13H23N3. The van der Waals surface area contributed by atoms with Crippen LogP contribution in [0.1, 0.15) is 50.3 Å². The lowest BCUT2D eigenvalue weighted by atomic mass is 9.97. The third kappa shape index (κ3) is 2.85. The van der Waals surface area contributed by atoms with Crippen LogP contribution in [0.15, 0.2) is 12.3 Å². The highest BCUT2D eigenvalue weighted by Crippen LogP contribution is 2.30. The van der Waals surface area contributed by atoms with E-state index in [2.05, 4.69) is 16.5 Å². The molecule has 1 aromatic heterocycles. The van der Waals surface area contributed by atoms with Gasteiger partial charge in [0.05, 0.1) is 11.7 Å². The maximum absolute atomic E-state index is 4.48. The van der Waals surface area contributed by atoms with Crippen molar-refractivity contribution in [1.29, 1.82) is 0 Å². The van der Waals surface area contributed by atoms with E-state index in [9.17, 15) is 0 Å². The number of aromatic nitrogens is 2. The van der Waals surface area contributed by atoms with E-state index >= 15 is 0 Å². The fourth-order valence-electron chi connectivity index (χ4n) is 2.76. The van der Waals surface area contributed by atoms with Crippen molar-refractivity contribution < 1.29 is 0 Å². The second kappa shape index (κ2) is 5.48. The number of nitrogens with zero attached hydrogens (tertiary/aromatic N) is 2. The first-order valence-electron chi connectivity index (χ1n) is 6.46. The zero-order chi connectivity index (χ0) is 11.4. The van der Waals surface area contributed by atoms with Gasteiger partial charge in [0.2, 0.25) is 0 Å². The Balaban J connectivity index is 1.85. The second-order valence-corrected chi connectivity index (χ2v) is 4.98. The van der Waals surface area contributed by atoms with Gasteiger partial charge >= 0.3 is 0 Å². The van der Waals surface area contributed by atoms with E-state index in [-0.39, 0.29) is 0 Å². The average Bonchev–Trinajstić information content (AvgIpc) is 2.91. The summed E-state index contributed by atoms with van der Waals surface area (Å²) < 4.78 is 1.88. The summed E-state index contributed by atoms with van der Waals surface area (Å²) in [7, 11) is 4.02. The fourth-order valence-corrected chi connectivity index (χ4v) is 2.76. The van der Waals surface area contributed by atoms with Gasteiger partial charge in [0, 0.05) is 13.2 Å². The van der Waals surface area contributed by atoms with E-state index in [0.717, 1.165) is 5.92 Å². The lowest BCUT2D eigenvalue weighted by molar-refractivity contribution is 0.421. The normalized spacial score (nSPS) is 19.1.